The summed E-state index contributed by atoms with van der Waals surface area (Å²) in [7, 11) is 0. The Bertz CT molecular complexity index is 541. The Morgan fingerprint density at radius 2 is 2.14 bits per heavy atom. The van der Waals surface area contributed by atoms with Gasteiger partial charge < -0.3 is 10.6 Å². The van der Waals surface area contributed by atoms with Gasteiger partial charge in [0.15, 0.2) is 0 Å². The predicted molar refractivity (Wildman–Crippen MR) is 84.1 cm³/mol. The Hall–Kier alpha value is -1.43. The van der Waals surface area contributed by atoms with Crippen molar-refractivity contribution >= 4 is 5.91 Å². The zero-order chi connectivity index (χ0) is 15.7. The van der Waals surface area contributed by atoms with Crippen molar-refractivity contribution in [1.82, 2.24) is 19.7 Å². The first-order chi connectivity index (χ1) is 10.5. The molecule has 6 heteroatoms. The third-order valence-corrected chi connectivity index (χ3v) is 5.05. The number of aromatic nitrogens is 3. The Labute approximate surface area is 132 Å². The van der Waals surface area contributed by atoms with Gasteiger partial charge in [-0.25, -0.2) is 9.67 Å². The predicted octanol–water partition coefficient (Wildman–Crippen LogP) is 1.26. The molecule has 0 spiro atoms. The van der Waals surface area contributed by atoms with Crippen LogP contribution >= 0.6 is 0 Å². The highest BCUT2D eigenvalue weighted by molar-refractivity contribution is 5.79. The van der Waals surface area contributed by atoms with Gasteiger partial charge in [-0.3, -0.25) is 4.79 Å². The first-order valence-electron chi connectivity index (χ1n) is 8.45. The molecule has 122 valence electrons. The number of amides is 1. The number of carbonyl (C=O) groups excluding carboxylic acids is 1. The molecule has 1 aliphatic heterocycles. The molecule has 22 heavy (non-hydrogen) atoms. The van der Waals surface area contributed by atoms with E-state index in [1.54, 1.807) is 0 Å². The molecule has 3 unspecified atom stereocenters. The molecule has 0 radical (unpaired) electrons. The molecule has 0 aromatic carbocycles. The van der Waals surface area contributed by atoms with Crippen molar-refractivity contribution in [2.45, 2.75) is 58.5 Å². The van der Waals surface area contributed by atoms with Gasteiger partial charge in [-0.1, -0.05) is 0 Å². The van der Waals surface area contributed by atoms with Gasteiger partial charge in [0.2, 0.25) is 5.91 Å². The van der Waals surface area contributed by atoms with Crippen molar-refractivity contribution in [2.75, 3.05) is 13.1 Å². The van der Waals surface area contributed by atoms with Gasteiger partial charge in [-0.2, -0.15) is 5.10 Å². The maximum Gasteiger partial charge on any atom is 0.225 e. The summed E-state index contributed by atoms with van der Waals surface area (Å²) in [6, 6.07) is 0.218. The van der Waals surface area contributed by atoms with Gasteiger partial charge in [0, 0.05) is 31.6 Å². The van der Waals surface area contributed by atoms with Crippen molar-refractivity contribution in [1.29, 1.82) is 0 Å². The molecule has 1 saturated carbocycles. The SMILES string of the molecule is Cc1nc(C)n(CC2CCCN(C(=O)C3CCC(N)C3)C2)n1. The van der Waals surface area contributed by atoms with E-state index in [1.165, 1.54) is 0 Å². The number of carbonyl (C=O) groups is 1. The maximum absolute atomic E-state index is 12.7. The molecule has 3 atom stereocenters. The van der Waals surface area contributed by atoms with Gasteiger partial charge in [0.1, 0.15) is 11.6 Å². The van der Waals surface area contributed by atoms with E-state index in [0.29, 0.717) is 11.8 Å². The van der Waals surface area contributed by atoms with Gasteiger partial charge in [-0.05, 0) is 51.9 Å². The van der Waals surface area contributed by atoms with Crippen molar-refractivity contribution in [2.24, 2.45) is 17.6 Å². The first-order valence-corrected chi connectivity index (χ1v) is 8.45. The van der Waals surface area contributed by atoms with Crippen LogP contribution in [0.2, 0.25) is 0 Å². The van der Waals surface area contributed by atoms with Gasteiger partial charge in [0.25, 0.3) is 0 Å². The molecule has 3 rings (SSSR count). The molecular formula is C16H27N5O. The fourth-order valence-corrected chi connectivity index (χ4v) is 3.89. The van der Waals surface area contributed by atoms with Crippen LogP contribution < -0.4 is 5.73 Å². The van der Waals surface area contributed by atoms with Crippen LogP contribution in [0, 0.1) is 25.7 Å². The Balaban J connectivity index is 1.59. The molecule has 2 N–H and O–H groups in total. The summed E-state index contributed by atoms with van der Waals surface area (Å²) < 4.78 is 1.99. The minimum absolute atomic E-state index is 0.157. The topological polar surface area (TPSA) is 77.0 Å². The second-order valence-corrected chi connectivity index (χ2v) is 6.95. The minimum Gasteiger partial charge on any atom is -0.342 e. The smallest absolute Gasteiger partial charge is 0.225 e. The van der Waals surface area contributed by atoms with Crippen LogP contribution in [0.4, 0.5) is 0 Å². The van der Waals surface area contributed by atoms with Crippen molar-refractivity contribution < 1.29 is 4.79 Å². The first kappa shape index (κ1) is 15.5. The molecule has 1 aromatic rings. The monoisotopic (exact) mass is 305 g/mol. The molecular weight excluding hydrogens is 278 g/mol. The third-order valence-electron chi connectivity index (χ3n) is 5.05. The van der Waals surface area contributed by atoms with Crippen molar-refractivity contribution in [3.05, 3.63) is 11.6 Å². The average Bonchev–Trinajstić information content (AvgIpc) is 3.05. The van der Waals surface area contributed by atoms with Crippen LogP contribution in [0.1, 0.15) is 43.8 Å². The molecule has 2 heterocycles. The number of aryl methyl sites for hydroxylation is 2. The van der Waals surface area contributed by atoms with E-state index in [4.69, 9.17) is 5.73 Å². The van der Waals surface area contributed by atoms with Gasteiger partial charge >= 0.3 is 0 Å². The van der Waals surface area contributed by atoms with Crippen molar-refractivity contribution in [3.63, 3.8) is 0 Å². The van der Waals surface area contributed by atoms with Crippen LogP contribution in [0.5, 0.6) is 0 Å². The van der Waals surface area contributed by atoms with E-state index in [0.717, 1.165) is 63.4 Å². The lowest BCUT2D eigenvalue weighted by Gasteiger charge is -2.34. The quantitative estimate of drug-likeness (QED) is 0.912. The lowest BCUT2D eigenvalue weighted by atomic mass is 9.96. The molecule has 1 amide bonds. The molecule has 2 fully saturated rings. The number of nitrogens with zero attached hydrogens (tertiary/aromatic N) is 4. The average molecular weight is 305 g/mol. The number of piperidine rings is 1. The molecule has 1 saturated heterocycles. The zero-order valence-electron chi connectivity index (χ0n) is 13.7. The van der Waals surface area contributed by atoms with Crippen LogP contribution in [-0.2, 0) is 11.3 Å². The largest absolute Gasteiger partial charge is 0.342 e. The normalized spacial score (nSPS) is 29.0. The zero-order valence-corrected chi connectivity index (χ0v) is 13.7. The molecule has 1 aromatic heterocycles. The second-order valence-electron chi connectivity index (χ2n) is 6.95. The summed E-state index contributed by atoms with van der Waals surface area (Å²) in [6.45, 7) is 6.52. The van der Waals surface area contributed by atoms with Gasteiger partial charge in [-0.15, -0.1) is 0 Å². The van der Waals surface area contributed by atoms with Crippen molar-refractivity contribution in [3.8, 4) is 0 Å². The Kier molecular flexibility index (Phi) is 4.47. The highest BCUT2D eigenvalue weighted by atomic mass is 16.2. The number of nitrogens with two attached hydrogens (primary N) is 1. The summed E-state index contributed by atoms with van der Waals surface area (Å²) in [5.74, 6) is 2.74. The highest BCUT2D eigenvalue weighted by Gasteiger charge is 2.33. The summed E-state index contributed by atoms with van der Waals surface area (Å²) in [6.07, 6.45) is 5.06. The number of hydrogen-bond acceptors (Lipinski definition) is 4. The second kappa shape index (κ2) is 6.36. The van der Waals surface area contributed by atoms with E-state index >= 15 is 0 Å². The number of likely N-dealkylation sites (tertiary alicyclic amines) is 1. The molecule has 0 bridgehead atoms. The Morgan fingerprint density at radius 3 is 2.77 bits per heavy atom. The molecule has 1 aliphatic carbocycles. The molecule has 2 aliphatic rings. The number of hydrogen-bond donors (Lipinski definition) is 1. The van der Waals surface area contributed by atoms with Crippen LogP contribution in [0.3, 0.4) is 0 Å². The fourth-order valence-electron chi connectivity index (χ4n) is 3.89. The fraction of sp³-hybridized carbons (Fsp3) is 0.812. The summed E-state index contributed by atoms with van der Waals surface area (Å²) >= 11 is 0. The Morgan fingerprint density at radius 1 is 1.32 bits per heavy atom. The van der Waals surface area contributed by atoms with Gasteiger partial charge in [0.05, 0.1) is 0 Å². The minimum atomic E-state index is 0.157. The third kappa shape index (κ3) is 3.32. The summed E-state index contributed by atoms with van der Waals surface area (Å²) in [4.78, 5) is 19.1. The maximum atomic E-state index is 12.7. The lowest BCUT2D eigenvalue weighted by molar-refractivity contribution is -0.137. The van der Waals surface area contributed by atoms with Crippen LogP contribution in [0.15, 0.2) is 0 Å². The van der Waals surface area contributed by atoms with E-state index in [9.17, 15) is 4.79 Å². The number of rotatable bonds is 3. The van der Waals surface area contributed by atoms with Crippen LogP contribution in [0.25, 0.3) is 0 Å². The van der Waals surface area contributed by atoms with E-state index < -0.39 is 0 Å². The van der Waals surface area contributed by atoms with E-state index in [-0.39, 0.29) is 12.0 Å². The summed E-state index contributed by atoms with van der Waals surface area (Å²) in [5, 5.41) is 4.45. The van der Waals surface area contributed by atoms with Crippen LogP contribution in [-0.4, -0.2) is 44.7 Å². The lowest BCUT2D eigenvalue weighted by Crippen LogP contribution is -2.43. The van der Waals surface area contributed by atoms with E-state index in [1.807, 2.05) is 18.5 Å². The standard InChI is InChI=1S/C16H27N5O/c1-11-18-12(2)21(19-11)10-13-4-3-7-20(9-13)16(22)14-5-6-15(17)8-14/h13-15H,3-10,17H2,1-2H3. The summed E-state index contributed by atoms with van der Waals surface area (Å²) in [5.41, 5.74) is 5.95. The van der Waals surface area contributed by atoms with E-state index in [2.05, 4.69) is 15.0 Å². The molecule has 6 nitrogen and oxygen atoms in total. The highest BCUT2D eigenvalue weighted by Crippen LogP contribution is 2.28.